The molecule has 2 amide bonds. The zero-order valence-corrected chi connectivity index (χ0v) is 18.8. The third-order valence-electron chi connectivity index (χ3n) is 5.78. The van der Waals surface area contributed by atoms with Gasteiger partial charge >= 0.3 is 5.97 Å². The van der Waals surface area contributed by atoms with Crippen molar-refractivity contribution in [2.75, 3.05) is 0 Å². The molecule has 0 saturated heterocycles. The predicted molar refractivity (Wildman–Crippen MR) is 126 cm³/mol. The Labute approximate surface area is 192 Å². The Hall–Kier alpha value is -3.49. The molecule has 8 nitrogen and oxygen atoms in total. The Morgan fingerprint density at radius 3 is 2.21 bits per heavy atom. The molecule has 3 unspecified atom stereocenters. The maximum absolute atomic E-state index is 13.4. The number of hydrogen-bond donors (Lipinski definition) is 4. The fraction of sp³-hybridized carbons (Fsp3) is 0.320. The van der Waals surface area contributed by atoms with E-state index in [1.807, 2.05) is 54.6 Å². The second-order valence-electron chi connectivity index (χ2n) is 8.53. The number of para-hydroxylation sites is 1. The van der Waals surface area contributed by atoms with Crippen molar-refractivity contribution in [2.24, 2.45) is 17.4 Å². The van der Waals surface area contributed by atoms with Gasteiger partial charge in [-0.1, -0.05) is 62.4 Å². The van der Waals surface area contributed by atoms with Crippen LogP contribution in [0.5, 0.6) is 0 Å². The molecule has 0 saturated carbocycles. The Kier molecular flexibility index (Phi) is 7.63. The number of fused-ring (bicyclic) bond motifs is 1. The molecular formula is C25H30N4O4. The van der Waals surface area contributed by atoms with Gasteiger partial charge < -0.3 is 21.6 Å². The highest BCUT2D eigenvalue weighted by molar-refractivity contribution is 6.03. The largest absolute Gasteiger partial charge is 0.480 e. The molecule has 0 aliphatic carbocycles. The number of nitrogens with one attached hydrogen (secondary N) is 1. The zero-order chi connectivity index (χ0) is 24.1. The number of benzene rings is 2. The number of carbonyl (C=O) groups is 3. The van der Waals surface area contributed by atoms with E-state index in [9.17, 15) is 19.5 Å². The second-order valence-corrected chi connectivity index (χ2v) is 8.53. The maximum atomic E-state index is 13.4. The molecule has 0 bridgehead atoms. The van der Waals surface area contributed by atoms with Crippen LogP contribution in [0, 0.1) is 5.92 Å². The van der Waals surface area contributed by atoms with E-state index in [1.165, 1.54) is 0 Å². The van der Waals surface area contributed by atoms with Crippen molar-refractivity contribution in [3.05, 3.63) is 71.9 Å². The fourth-order valence-corrected chi connectivity index (χ4v) is 3.79. The molecule has 1 heterocycles. The van der Waals surface area contributed by atoms with E-state index in [-0.39, 0.29) is 18.8 Å². The molecule has 1 aromatic heterocycles. The molecule has 0 aliphatic rings. The number of carboxylic acid groups (broad SMARTS) is 1. The minimum absolute atomic E-state index is 0.0697. The van der Waals surface area contributed by atoms with Crippen LogP contribution >= 0.6 is 0 Å². The number of amides is 2. The molecule has 33 heavy (non-hydrogen) atoms. The van der Waals surface area contributed by atoms with Gasteiger partial charge in [0.05, 0.1) is 12.1 Å². The molecule has 2 aromatic carbocycles. The van der Waals surface area contributed by atoms with E-state index < -0.39 is 35.9 Å². The van der Waals surface area contributed by atoms with E-state index >= 15 is 0 Å². The van der Waals surface area contributed by atoms with Gasteiger partial charge in [0.1, 0.15) is 6.04 Å². The summed E-state index contributed by atoms with van der Waals surface area (Å²) in [5.74, 6) is -3.09. The van der Waals surface area contributed by atoms with E-state index in [2.05, 4.69) is 4.98 Å². The number of aromatic amines is 1. The average Bonchev–Trinajstić information content (AvgIpc) is 3.21. The summed E-state index contributed by atoms with van der Waals surface area (Å²) in [4.78, 5) is 42.9. The van der Waals surface area contributed by atoms with Gasteiger partial charge in [0.2, 0.25) is 11.8 Å². The Balaban J connectivity index is 1.97. The summed E-state index contributed by atoms with van der Waals surface area (Å²) in [6, 6.07) is 13.0. The molecule has 8 heteroatoms. The van der Waals surface area contributed by atoms with E-state index in [0.29, 0.717) is 5.56 Å². The highest BCUT2D eigenvalue weighted by Gasteiger charge is 2.40. The molecule has 0 fully saturated rings. The van der Waals surface area contributed by atoms with Crippen LogP contribution in [0.3, 0.4) is 0 Å². The normalized spacial score (nSPS) is 14.1. The van der Waals surface area contributed by atoms with Gasteiger partial charge in [-0.05, 0) is 29.5 Å². The van der Waals surface area contributed by atoms with E-state index in [1.54, 1.807) is 20.0 Å². The summed E-state index contributed by atoms with van der Waals surface area (Å²) in [6.45, 7) is 3.48. The van der Waals surface area contributed by atoms with Crippen molar-refractivity contribution >= 4 is 28.7 Å². The molecule has 6 N–H and O–H groups in total. The molecule has 3 aromatic rings. The van der Waals surface area contributed by atoms with Gasteiger partial charge in [0, 0.05) is 23.5 Å². The lowest BCUT2D eigenvalue weighted by molar-refractivity contribution is -0.159. The van der Waals surface area contributed by atoms with Crippen molar-refractivity contribution in [3.8, 4) is 0 Å². The lowest BCUT2D eigenvalue weighted by atomic mass is 9.98. The zero-order valence-electron chi connectivity index (χ0n) is 18.8. The predicted octanol–water partition coefficient (Wildman–Crippen LogP) is 2.07. The Morgan fingerprint density at radius 1 is 0.939 bits per heavy atom. The first-order valence-corrected chi connectivity index (χ1v) is 10.9. The molecule has 174 valence electrons. The van der Waals surface area contributed by atoms with Crippen molar-refractivity contribution in [1.82, 2.24) is 9.88 Å². The monoisotopic (exact) mass is 450 g/mol. The van der Waals surface area contributed by atoms with Gasteiger partial charge in [0.25, 0.3) is 0 Å². The molecule has 3 atom stereocenters. The van der Waals surface area contributed by atoms with Crippen LogP contribution in [0.2, 0.25) is 0 Å². The van der Waals surface area contributed by atoms with Gasteiger partial charge in [0.15, 0.2) is 0 Å². The topological polar surface area (TPSA) is 143 Å². The first-order valence-electron chi connectivity index (χ1n) is 10.9. The standard InChI is InChI=1S/C25H30N4O4/c1-15(2)22(27)24(31)29(23(30)19(26)12-16-8-4-3-5-9-16)21(25(32)33)13-17-14-28-20-11-7-6-10-18(17)20/h3-11,14-15,19,21-22,28H,12-13,26-27H2,1-2H3,(H,32,33). The van der Waals surface area contributed by atoms with Crippen LogP contribution in [0.1, 0.15) is 25.0 Å². The molecule has 3 rings (SSSR count). The van der Waals surface area contributed by atoms with Crippen LogP contribution < -0.4 is 11.5 Å². The van der Waals surface area contributed by atoms with Gasteiger partial charge in [-0.2, -0.15) is 0 Å². The summed E-state index contributed by atoms with van der Waals surface area (Å²) >= 11 is 0. The number of aliphatic carboxylic acids is 1. The minimum Gasteiger partial charge on any atom is -0.480 e. The second kappa shape index (κ2) is 10.4. The van der Waals surface area contributed by atoms with Crippen molar-refractivity contribution in [1.29, 1.82) is 0 Å². The lowest BCUT2D eigenvalue weighted by Crippen LogP contribution is -2.60. The number of nitrogens with two attached hydrogens (primary N) is 2. The molecular weight excluding hydrogens is 420 g/mol. The highest BCUT2D eigenvalue weighted by Crippen LogP contribution is 2.22. The average molecular weight is 451 g/mol. The van der Waals surface area contributed by atoms with E-state index in [0.717, 1.165) is 21.4 Å². The number of carboxylic acids is 1. The Bertz CT molecular complexity index is 1130. The number of hydrogen-bond acceptors (Lipinski definition) is 5. The maximum Gasteiger partial charge on any atom is 0.327 e. The van der Waals surface area contributed by atoms with Crippen LogP contribution in [0.4, 0.5) is 0 Å². The van der Waals surface area contributed by atoms with Crippen molar-refractivity contribution in [2.45, 2.75) is 44.8 Å². The Morgan fingerprint density at radius 2 is 1.58 bits per heavy atom. The molecule has 0 radical (unpaired) electrons. The summed E-state index contributed by atoms with van der Waals surface area (Å²) in [7, 11) is 0. The van der Waals surface area contributed by atoms with Gasteiger partial charge in [-0.15, -0.1) is 0 Å². The van der Waals surface area contributed by atoms with Crippen LogP contribution in [-0.4, -0.2) is 50.9 Å². The summed E-state index contributed by atoms with van der Waals surface area (Å²) in [5, 5.41) is 10.9. The minimum atomic E-state index is -1.45. The SMILES string of the molecule is CC(C)C(N)C(=O)N(C(=O)C(N)Cc1ccccc1)C(Cc1c[nH]c2ccccc12)C(=O)O. The fourth-order valence-electron chi connectivity index (χ4n) is 3.79. The molecule has 0 aliphatic heterocycles. The van der Waals surface area contributed by atoms with Crippen molar-refractivity contribution in [3.63, 3.8) is 0 Å². The van der Waals surface area contributed by atoms with Crippen LogP contribution in [0.15, 0.2) is 60.8 Å². The number of imide groups is 1. The van der Waals surface area contributed by atoms with Crippen LogP contribution in [-0.2, 0) is 27.2 Å². The summed E-state index contributed by atoms with van der Waals surface area (Å²) in [6.07, 6.45) is 1.79. The summed E-state index contributed by atoms with van der Waals surface area (Å²) in [5.41, 5.74) is 14.6. The third-order valence-corrected chi connectivity index (χ3v) is 5.78. The number of nitrogens with zero attached hydrogens (tertiary/aromatic N) is 1. The first-order chi connectivity index (χ1) is 15.7. The van der Waals surface area contributed by atoms with Gasteiger partial charge in [-0.3, -0.25) is 14.5 Å². The number of H-pyrrole nitrogens is 1. The van der Waals surface area contributed by atoms with Gasteiger partial charge in [-0.25, -0.2) is 4.79 Å². The quantitative estimate of drug-likeness (QED) is 0.393. The lowest BCUT2D eigenvalue weighted by Gasteiger charge is -2.32. The third kappa shape index (κ3) is 5.47. The number of carbonyl (C=O) groups excluding carboxylic acids is 2. The summed E-state index contributed by atoms with van der Waals surface area (Å²) < 4.78 is 0. The highest BCUT2D eigenvalue weighted by atomic mass is 16.4. The van der Waals surface area contributed by atoms with Crippen LogP contribution in [0.25, 0.3) is 10.9 Å². The number of rotatable bonds is 9. The first kappa shape index (κ1) is 24.2. The van der Waals surface area contributed by atoms with E-state index in [4.69, 9.17) is 11.5 Å². The smallest absolute Gasteiger partial charge is 0.327 e. The molecule has 0 spiro atoms. The number of aromatic nitrogens is 1. The van der Waals surface area contributed by atoms with Crippen molar-refractivity contribution < 1.29 is 19.5 Å².